The van der Waals surface area contributed by atoms with Crippen LogP contribution in [0.5, 0.6) is 0 Å². The molecule has 2 aliphatic rings. The van der Waals surface area contributed by atoms with Crippen molar-refractivity contribution >= 4 is 17.9 Å². The summed E-state index contributed by atoms with van der Waals surface area (Å²) in [6, 6.07) is 7.38. The molecule has 0 unspecified atom stereocenters. The number of nitrogens with one attached hydrogen (secondary N) is 2. The van der Waals surface area contributed by atoms with E-state index in [0.717, 1.165) is 31.2 Å². The van der Waals surface area contributed by atoms with Crippen LogP contribution in [0.4, 0.5) is 4.79 Å². The summed E-state index contributed by atoms with van der Waals surface area (Å²) in [6.45, 7) is 10.0. The highest BCUT2D eigenvalue weighted by Crippen LogP contribution is 2.43. The third-order valence-corrected chi connectivity index (χ3v) is 7.77. The van der Waals surface area contributed by atoms with E-state index in [2.05, 4.69) is 24.1 Å². The first-order valence-corrected chi connectivity index (χ1v) is 14.7. The van der Waals surface area contributed by atoms with Crippen molar-refractivity contribution in [1.82, 2.24) is 15.5 Å². The molecule has 9 nitrogen and oxygen atoms in total. The fraction of sp³-hybridized carbons (Fsp3) is 0.645. The summed E-state index contributed by atoms with van der Waals surface area (Å²) < 4.78 is 11.7. The van der Waals surface area contributed by atoms with Crippen LogP contribution in [0.2, 0.25) is 0 Å². The molecule has 0 saturated carbocycles. The summed E-state index contributed by atoms with van der Waals surface area (Å²) in [4.78, 5) is 42.0. The molecule has 2 fully saturated rings. The number of unbranched alkanes of at least 4 members (excludes halogenated alkanes) is 3. The number of hydrogen-bond donors (Lipinski definition) is 3. The van der Waals surface area contributed by atoms with Crippen molar-refractivity contribution in [3.63, 3.8) is 0 Å². The van der Waals surface area contributed by atoms with Crippen molar-refractivity contribution in [1.29, 1.82) is 0 Å². The lowest BCUT2D eigenvalue weighted by Gasteiger charge is -2.32. The smallest absolute Gasteiger partial charge is 0.408 e. The largest absolute Gasteiger partial charge is 0.445 e. The van der Waals surface area contributed by atoms with Crippen LogP contribution in [0.25, 0.3) is 0 Å². The summed E-state index contributed by atoms with van der Waals surface area (Å²) in [5, 5.41) is 15.6. The number of likely N-dealkylation sites (tertiary alicyclic amines) is 1. The number of carbonyl (C=O) groups excluding carboxylic acids is 3. The number of ether oxygens (including phenoxy) is 2. The second-order valence-electron chi connectivity index (χ2n) is 11.6. The summed E-state index contributed by atoms with van der Waals surface area (Å²) in [7, 11) is 0. The number of aliphatic hydroxyl groups is 1. The molecular formula is C31H47N3O6. The molecule has 9 heteroatoms. The average molecular weight is 558 g/mol. The van der Waals surface area contributed by atoms with Crippen molar-refractivity contribution in [3.05, 3.63) is 48.6 Å². The Kier molecular flexibility index (Phi) is 12.0. The highest BCUT2D eigenvalue weighted by molar-refractivity contribution is 5.92. The second-order valence-corrected chi connectivity index (χ2v) is 11.6. The lowest BCUT2D eigenvalue weighted by atomic mass is 9.89. The number of amides is 3. The zero-order valence-electron chi connectivity index (χ0n) is 24.3. The van der Waals surface area contributed by atoms with Crippen LogP contribution in [-0.2, 0) is 25.7 Å². The number of rotatable bonds is 15. The van der Waals surface area contributed by atoms with Gasteiger partial charge in [-0.2, -0.15) is 0 Å². The molecular weight excluding hydrogens is 510 g/mol. The van der Waals surface area contributed by atoms with Gasteiger partial charge in [0.15, 0.2) is 0 Å². The van der Waals surface area contributed by atoms with Gasteiger partial charge >= 0.3 is 6.09 Å². The molecule has 0 spiro atoms. The van der Waals surface area contributed by atoms with Gasteiger partial charge in [-0.05, 0) is 51.5 Å². The van der Waals surface area contributed by atoms with Crippen LogP contribution < -0.4 is 10.6 Å². The molecule has 0 aromatic heterocycles. The van der Waals surface area contributed by atoms with Crippen molar-refractivity contribution < 1.29 is 29.0 Å². The van der Waals surface area contributed by atoms with Gasteiger partial charge in [0.2, 0.25) is 11.8 Å². The third kappa shape index (κ3) is 8.80. The number of nitrogens with zero attached hydrogens (tertiary/aromatic N) is 1. The Hall–Kier alpha value is -2.91. The van der Waals surface area contributed by atoms with Crippen molar-refractivity contribution in [3.8, 4) is 0 Å². The molecule has 1 aromatic rings. The highest BCUT2D eigenvalue weighted by atomic mass is 16.5. The van der Waals surface area contributed by atoms with Gasteiger partial charge < -0.3 is 30.1 Å². The minimum absolute atomic E-state index is 0.0895. The number of fused-ring (bicyclic) bond motifs is 1. The fourth-order valence-corrected chi connectivity index (χ4v) is 5.78. The van der Waals surface area contributed by atoms with E-state index in [1.807, 2.05) is 50.3 Å². The van der Waals surface area contributed by atoms with E-state index in [9.17, 15) is 19.5 Å². The Labute approximate surface area is 238 Å². The molecule has 1 aromatic carbocycles. The topological polar surface area (TPSA) is 117 Å². The molecule has 0 bridgehead atoms. The average Bonchev–Trinajstić information content (AvgIpc) is 3.43. The predicted octanol–water partition coefficient (Wildman–Crippen LogP) is 4.09. The number of hydrogen-bond acceptors (Lipinski definition) is 6. The lowest BCUT2D eigenvalue weighted by Crippen LogP contribution is -2.56. The normalized spacial score (nSPS) is 22.7. The van der Waals surface area contributed by atoms with E-state index in [4.69, 9.17) is 9.47 Å². The summed E-state index contributed by atoms with van der Waals surface area (Å²) in [6.07, 6.45) is 6.75. The standard InChI is InChI=1S/C31H47N3O6/c1-5-7-9-13-17-25(33-30(38)39-21-22-14-11-10-12-15-22)29(37)34-19-26-24(18-31(3,4)40-26)27(34)28(36)32-23(20-35)16-8-6-2/h5,10-12,14-15,23-27,35H,1,6-9,13,16-21H2,2-4H3,(H,32,36)(H,33,38)/t23-,24-,25-,26-,27-/m0/s1. The minimum atomic E-state index is -0.844. The van der Waals surface area contributed by atoms with Gasteiger partial charge in [-0.15, -0.1) is 6.58 Å². The van der Waals surface area contributed by atoms with Crippen LogP contribution in [0.1, 0.15) is 77.7 Å². The zero-order valence-corrected chi connectivity index (χ0v) is 24.3. The minimum Gasteiger partial charge on any atom is -0.445 e. The molecule has 0 radical (unpaired) electrons. The second kappa shape index (κ2) is 15.2. The van der Waals surface area contributed by atoms with Crippen LogP contribution in [0.3, 0.4) is 0 Å². The Bertz CT molecular complexity index is 985. The summed E-state index contributed by atoms with van der Waals surface area (Å²) >= 11 is 0. The molecule has 40 heavy (non-hydrogen) atoms. The van der Waals surface area contributed by atoms with Crippen molar-refractivity contribution in [2.45, 2.75) is 109 Å². The molecule has 3 rings (SSSR count). The Morgan fingerprint density at radius 2 is 1.93 bits per heavy atom. The van der Waals surface area contributed by atoms with Crippen LogP contribution in [0.15, 0.2) is 43.0 Å². The van der Waals surface area contributed by atoms with E-state index < -0.39 is 23.8 Å². The lowest BCUT2D eigenvalue weighted by molar-refractivity contribution is -0.142. The van der Waals surface area contributed by atoms with Gasteiger partial charge in [-0.1, -0.05) is 62.6 Å². The van der Waals surface area contributed by atoms with Crippen molar-refractivity contribution in [2.75, 3.05) is 13.2 Å². The molecule has 2 heterocycles. The summed E-state index contributed by atoms with van der Waals surface area (Å²) in [5.41, 5.74) is 0.447. The molecule has 2 saturated heterocycles. The Balaban J connectivity index is 1.76. The molecule has 0 aliphatic carbocycles. The molecule has 5 atom stereocenters. The number of carbonyl (C=O) groups is 3. The number of aliphatic hydroxyl groups excluding tert-OH is 1. The van der Waals surface area contributed by atoms with Gasteiger partial charge in [0.25, 0.3) is 0 Å². The number of alkyl carbamates (subject to hydrolysis) is 1. The quantitative estimate of drug-likeness (QED) is 0.221. The van der Waals surface area contributed by atoms with E-state index >= 15 is 0 Å². The van der Waals surface area contributed by atoms with E-state index in [1.165, 1.54) is 0 Å². The fourth-order valence-electron chi connectivity index (χ4n) is 5.78. The van der Waals surface area contributed by atoms with Gasteiger partial charge in [0.1, 0.15) is 18.7 Å². The predicted molar refractivity (Wildman–Crippen MR) is 153 cm³/mol. The first-order chi connectivity index (χ1) is 19.2. The molecule has 3 amide bonds. The first-order valence-electron chi connectivity index (χ1n) is 14.7. The molecule has 222 valence electrons. The van der Waals surface area contributed by atoms with Crippen LogP contribution in [0, 0.1) is 5.92 Å². The van der Waals surface area contributed by atoms with Crippen molar-refractivity contribution in [2.24, 2.45) is 5.92 Å². The maximum Gasteiger partial charge on any atom is 0.408 e. The first kappa shape index (κ1) is 31.6. The van der Waals surface area contributed by atoms with Gasteiger partial charge in [0.05, 0.1) is 24.4 Å². The van der Waals surface area contributed by atoms with E-state index in [-0.39, 0.29) is 49.6 Å². The van der Waals surface area contributed by atoms with Crippen LogP contribution in [-0.4, -0.2) is 70.9 Å². The van der Waals surface area contributed by atoms with Gasteiger partial charge in [0, 0.05) is 12.5 Å². The monoisotopic (exact) mass is 557 g/mol. The zero-order chi connectivity index (χ0) is 29.1. The maximum atomic E-state index is 14.0. The Morgan fingerprint density at radius 1 is 1.18 bits per heavy atom. The van der Waals surface area contributed by atoms with Gasteiger partial charge in [-0.25, -0.2) is 4.79 Å². The SMILES string of the molecule is C=CCCCC[C@H](NC(=O)OCc1ccccc1)C(=O)N1C[C@@H]2OC(C)(C)C[C@@H]2[C@H]1C(=O)N[C@H](CO)CCCC. The van der Waals surface area contributed by atoms with Crippen LogP contribution >= 0.6 is 0 Å². The van der Waals surface area contributed by atoms with Gasteiger partial charge in [-0.3, -0.25) is 9.59 Å². The van der Waals surface area contributed by atoms with E-state index in [0.29, 0.717) is 25.7 Å². The maximum absolute atomic E-state index is 14.0. The molecule has 2 aliphatic heterocycles. The van der Waals surface area contributed by atoms with E-state index in [1.54, 1.807) is 4.90 Å². The third-order valence-electron chi connectivity index (χ3n) is 7.77. The molecule has 3 N–H and O–H groups in total. The number of benzene rings is 1. The number of allylic oxidation sites excluding steroid dienone is 1. The Morgan fingerprint density at radius 3 is 2.60 bits per heavy atom. The summed E-state index contributed by atoms with van der Waals surface area (Å²) in [5.74, 6) is -0.773. The highest BCUT2D eigenvalue weighted by Gasteiger charge is 2.55.